The van der Waals surface area contributed by atoms with Crippen molar-refractivity contribution < 1.29 is 32.5 Å². The molecule has 1 aliphatic heterocycles. The Morgan fingerprint density at radius 2 is 1.72 bits per heavy atom. The van der Waals surface area contributed by atoms with Gasteiger partial charge in [0.05, 0.1) is 39.8 Å². The van der Waals surface area contributed by atoms with Gasteiger partial charge in [0.15, 0.2) is 0 Å². The molecule has 0 radical (unpaired) electrons. The summed E-state index contributed by atoms with van der Waals surface area (Å²) in [4.78, 5) is 34.3. The van der Waals surface area contributed by atoms with Crippen LogP contribution in [0.15, 0.2) is 42.5 Å². The van der Waals surface area contributed by atoms with E-state index in [0.717, 1.165) is 30.3 Å². The monoisotopic (exact) mass is 455 g/mol. The molecular formula is C20H20F3N3O6. The van der Waals surface area contributed by atoms with E-state index in [1.807, 2.05) is 0 Å². The minimum atomic E-state index is -4.46. The van der Waals surface area contributed by atoms with Crippen LogP contribution >= 0.6 is 0 Å². The largest absolute Gasteiger partial charge is 0.416 e. The first-order valence-corrected chi connectivity index (χ1v) is 9.05. The number of rotatable bonds is 6. The summed E-state index contributed by atoms with van der Waals surface area (Å²) in [7, 11) is 0. The summed E-state index contributed by atoms with van der Waals surface area (Å²) in [5.41, 5.74) is -1.80. The molecular weight excluding hydrogens is 435 g/mol. The number of nitro groups is 2. The van der Waals surface area contributed by atoms with Crippen molar-refractivity contribution in [1.29, 1.82) is 0 Å². The molecule has 1 heterocycles. The van der Waals surface area contributed by atoms with Crippen LogP contribution in [0.4, 0.5) is 24.5 Å². The number of alkyl halides is 3. The van der Waals surface area contributed by atoms with E-state index in [0.29, 0.717) is 12.0 Å². The highest BCUT2D eigenvalue weighted by atomic mass is 19.4. The molecule has 0 N–H and O–H groups in total. The van der Waals surface area contributed by atoms with E-state index < -0.39 is 45.0 Å². The maximum atomic E-state index is 12.8. The summed E-state index contributed by atoms with van der Waals surface area (Å²) < 4.78 is 44.0. The van der Waals surface area contributed by atoms with Crippen LogP contribution in [0, 0.1) is 20.2 Å². The van der Waals surface area contributed by atoms with E-state index in [4.69, 9.17) is 4.74 Å². The minimum absolute atomic E-state index is 0. The van der Waals surface area contributed by atoms with Crippen molar-refractivity contribution in [3.05, 3.63) is 79.4 Å². The third kappa shape index (κ3) is 5.78. The summed E-state index contributed by atoms with van der Waals surface area (Å²) in [6.45, 7) is 0.260. The molecule has 3 rings (SSSR count). The van der Waals surface area contributed by atoms with Gasteiger partial charge in [0, 0.05) is 25.2 Å². The number of nitro benzene ring substituents is 2. The number of hydrogen-bond acceptors (Lipinski definition) is 6. The van der Waals surface area contributed by atoms with Crippen LogP contribution in [0.3, 0.4) is 0 Å². The zero-order chi connectivity index (χ0) is 22.8. The van der Waals surface area contributed by atoms with Crippen LogP contribution in [-0.4, -0.2) is 39.8 Å². The van der Waals surface area contributed by atoms with Crippen molar-refractivity contribution in [3.8, 4) is 0 Å². The molecule has 0 aliphatic carbocycles. The van der Waals surface area contributed by atoms with E-state index in [1.54, 1.807) is 0 Å². The molecule has 0 aromatic heterocycles. The summed E-state index contributed by atoms with van der Waals surface area (Å²) >= 11 is 0. The van der Waals surface area contributed by atoms with Gasteiger partial charge in [-0.25, -0.2) is 0 Å². The number of nitrogens with zero attached hydrogens (tertiary/aromatic N) is 3. The van der Waals surface area contributed by atoms with Crippen molar-refractivity contribution in [2.24, 2.45) is 0 Å². The quantitative estimate of drug-likeness (QED) is 0.465. The van der Waals surface area contributed by atoms with Gasteiger partial charge in [-0.15, -0.1) is 0 Å². The third-order valence-corrected chi connectivity index (χ3v) is 4.74. The van der Waals surface area contributed by atoms with Crippen LogP contribution < -0.4 is 0 Å². The van der Waals surface area contributed by atoms with E-state index >= 15 is 0 Å². The average molecular weight is 455 g/mol. The highest BCUT2D eigenvalue weighted by molar-refractivity contribution is 5.95. The molecule has 0 bridgehead atoms. The highest BCUT2D eigenvalue weighted by Gasteiger charge is 2.31. The summed E-state index contributed by atoms with van der Waals surface area (Å²) in [6.07, 6.45) is -4.51. The zero-order valence-corrected chi connectivity index (χ0v) is 15.9. The molecule has 2 aromatic carbocycles. The Labute approximate surface area is 180 Å². The van der Waals surface area contributed by atoms with E-state index in [9.17, 15) is 38.2 Å². The lowest BCUT2D eigenvalue weighted by molar-refractivity contribution is -0.394. The normalized spacial score (nSPS) is 15.8. The fourth-order valence-corrected chi connectivity index (χ4v) is 3.21. The number of benzene rings is 2. The molecule has 9 nitrogen and oxygen atoms in total. The second-order valence-electron chi connectivity index (χ2n) is 6.92. The van der Waals surface area contributed by atoms with Crippen LogP contribution in [0.1, 0.15) is 35.3 Å². The van der Waals surface area contributed by atoms with Gasteiger partial charge in [-0.1, -0.05) is 19.6 Å². The number of likely N-dealkylation sites (tertiary alicyclic amines) is 1. The van der Waals surface area contributed by atoms with Crippen molar-refractivity contribution in [2.45, 2.75) is 32.7 Å². The Kier molecular flexibility index (Phi) is 7.52. The van der Waals surface area contributed by atoms with Gasteiger partial charge in [0.2, 0.25) is 0 Å². The van der Waals surface area contributed by atoms with E-state index in [2.05, 4.69) is 0 Å². The number of hydrogen-bond donors (Lipinski definition) is 0. The van der Waals surface area contributed by atoms with E-state index in [-0.39, 0.29) is 32.7 Å². The van der Waals surface area contributed by atoms with Gasteiger partial charge in [-0.3, -0.25) is 25.0 Å². The first kappa shape index (κ1) is 24.7. The Morgan fingerprint density at radius 1 is 1.09 bits per heavy atom. The van der Waals surface area contributed by atoms with Gasteiger partial charge >= 0.3 is 6.18 Å². The van der Waals surface area contributed by atoms with Crippen LogP contribution in [0.5, 0.6) is 0 Å². The Morgan fingerprint density at radius 3 is 2.28 bits per heavy atom. The number of carbonyl (C=O) groups is 1. The van der Waals surface area contributed by atoms with Crippen LogP contribution in [0.25, 0.3) is 0 Å². The average Bonchev–Trinajstić information content (AvgIpc) is 3.20. The lowest BCUT2D eigenvalue weighted by Gasteiger charge is -2.17. The molecule has 1 amide bonds. The Balaban J connectivity index is 0.00000363. The maximum absolute atomic E-state index is 12.8. The number of amides is 1. The molecule has 1 saturated heterocycles. The summed E-state index contributed by atoms with van der Waals surface area (Å²) in [5.74, 6) is -0.628. The second kappa shape index (κ2) is 9.73. The van der Waals surface area contributed by atoms with Crippen molar-refractivity contribution in [2.75, 3.05) is 13.1 Å². The SMILES string of the molecule is C.O=C(c1cc([N+](=O)[O-])cc([N+](=O)[O-])c1)N1CC[C@@H](OCc2cccc(C(F)(F)F)c2)C1. The summed E-state index contributed by atoms with van der Waals surface area (Å²) in [5, 5.41) is 22.0. The van der Waals surface area contributed by atoms with Crippen molar-refractivity contribution in [1.82, 2.24) is 4.90 Å². The summed E-state index contributed by atoms with van der Waals surface area (Å²) in [6, 6.07) is 7.41. The predicted molar refractivity (Wildman–Crippen MR) is 107 cm³/mol. The predicted octanol–water partition coefficient (Wildman–Crippen LogP) is 4.59. The lowest BCUT2D eigenvalue weighted by atomic mass is 10.1. The first-order valence-electron chi connectivity index (χ1n) is 9.05. The first-order chi connectivity index (χ1) is 14.5. The molecule has 0 saturated carbocycles. The Bertz CT molecular complexity index is 996. The maximum Gasteiger partial charge on any atom is 0.416 e. The molecule has 0 unspecified atom stereocenters. The van der Waals surface area contributed by atoms with Gasteiger partial charge < -0.3 is 9.64 Å². The molecule has 172 valence electrons. The topological polar surface area (TPSA) is 116 Å². The molecule has 1 fully saturated rings. The lowest BCUT2D eigenvalue weighted by Crippen LogP contribution is -2.30. The van der Waals surface area contributed by atoms with Gasteiger partial charge in [0.1, 0.15) is 0 Å². The third-order valence-electron chi connectivity index (χ3n) is 4.74. The molecule has 2 aromatic rings. The smallest absolute Gasteiger partial charge is 0.372 e. The fraction of sp³-hybridized carbons (Fsp3) is 0.350. The van der Waals surface area contributed by atoms with Crippen LogP contribution in [-0.2, 0) is 17.5 Å². The molecule has 1 atom stereocenters. The van der Waals surface area contributed by atoms with E-state index in [1.165, 1.54) is 17.0 Å². The molecule has 0 spiro atoms. The van der Waals surface area contributed by atoms with Gasteiger partial charge in [0.25, 0.3) is 17.3 Å². The van der Waals surface area contributed by atoms with Crippen LogP contribution in [0.2, 0.25) is 0 Å². The number of halogens is 3. The molecule has 12 heteroatoms. The number of non-ortho nitro benzene ring substituents is 2. The van der Waals surface area contributed by atoms with Gasteiger partial charge in [-0.2, -0.15) is 13.2 Å². The van der Waals surface area contributed by atoms with Crippen molar-refractivity contribution in [3.63, 3.8) is 0 Å². The Hall–Kier alpha value is -3.54. The fourth-order valence-electron chi connectivity index (χ4n) is 3.21. The van der Waals surface area contributed by atoms with Crippen molar-refractivity contribution >= 4 is 17.3 Å². The standard InChI is InChI=1S/C19H16F3N3O6.CH4/c20-19(21,22)14-3-1-2-12(6-14)11-31-17-4-5-23(10-17)18(26)13-7-15(24(27)28)9-16(8-13)25(29)30;/h1-3,6-9,17H,4-5,10-11H2;1H4/t17-;/m1./s1. The van der Waals surface area contributed by atoms with Gasteiger partial charge in [-0.05, 0) is 24.1 Å². The zero-order valence-electron chi connectivity index (χ0n) is 15.9. The second-order valence-corrected chi connectivity index (χ2v) is 6.92. The molecule has 32 heavy (non-hydrogen) atoms. The number of carbonyl (C=O) groups excluding carboxylic acids is 1. The highest BCUT2D eigenvalue weighted by Crippen LogP contribution is 2.30. The molecule has 1 aliphatic rings. The number of ether oxygens (including phenoxy) is 1. The minimum Gasteiger partial charge on any atom is -0.372 e.